The number of halogens is 3. The number of amides is 1. The van der Waals surface area contributed by atoms with Gasteiger partial charge in [-0.05, 0) is 44.9 Å². The molecule has 0 radical (unpaired) electrons. The summed E-state index contributed by atoms with van der Waals surface area (Å²) >= 11 is 0. The average Bonchev–Trinajstić information content (AvgIpc) is 3.38. The Kier molecular flexibility index (Phi) is 5.06. The highest BCUT2D eigenvalue weighted by atomic mass is 19.4. The minimum atomic E-state index is -4.33. The van der Waals surface area contributed by atoms with Crippen LogP contribution in [0, 0.1) is 17.8 Å². The van der Waals surface area contributed by atoms with E-state index in [1.165, 1.54) is 0 Å². The summed E-state index contributed by atoms with van der Waals surface area (Å²) in [4.78, 5) is 26.2. The molecule has 0 aromatic heterocycles. The Balaban J connectivity index is 1.57. The number of hydrogen-bond donors (Lipinski definition) is 0. The predicted octanol–water partition coefficient (Wildman–Crippen LogP) is 3.30. The van der Waals surface area contributed by atoms with Crippen LogP contribution < -0.4 is 0 Å². The lowest BCUT2D eigenvalue weighted by Gasteiger charge is -2.35. The number of ether oxygens (including phenoxy) is 1. The fourth-order valence-corrected chi connectivity index (χ4v) is 3.82. The van der Waals surface area contributed by atoms with Crippen molar-refractivity contribution in [2.24, 2.45) is 17.8 Å². The van der Waals surface area contributed by atoms with Crippen molar-refractivity contribution >= 4 is 11.9 Å². The van der Waals surface area contributed by atoms with Gasteiger partial charge >= 0.3 is 12.1 Å². The molecule has 2 aliphatic carbocycles. The first-order chi connectivity index (χ1) is 11.4. The maximum absolute atomic E-state index is 13.1. The Morgan fingerprint density at radius 2 is 1.62 bits per heavy atom. The van der Waals surface area contributed by atoms with Crippen LogP contribution in [-0.2, 0) is 14.3 Å². The number of esters is 1. The number of rotatable bonds is 3. The molecule has 0 spiro atoms. The van der Waals surface area contributed by atoms with Crippen molar-refractivity contribution < 1.29 is 27.5 Å². The van der Waals surface area contributed by atoms with Crippen LogP contribution in [0.1, 0.15) is 51.4 Å². The number of alkyl halides is 3. The number of carbonyl (C=O) groups excluding carboxylic acids is 2. The van der Waals surface area contributed by atoms with Gasteiger partial charge < -0.3 is 9.64 Å². The van der Waals surface area contributed by atoms with Gasteiger partial charge in [-0.3, -0.25) is 9.59 Å². The zero-order valence-electron chi connectivity index (χ0n) is 13.7. The van der Waals surface area contributed by atoms with Crippen LogP contribution in [0.5, 0.6) is 0 Å². The van der Waals surface area contributed by atoms with Crippen molar-refractivity contribution in [3.05, 3.63) is 0 Å². The van der Waals surface area contributed by atoms with Gasteiger partial charge in [0.1, 0.15) is 6.10 Å². The van der Waals surface area contributed by atoms with Gasteiger partial charge in [-0.25, -0.2) is 0 Å². The maximum atomic E-state index is 13.1. The average molecular weight is 347 g/mol. The summed E-state index contributed by atoms with van der Waals surface area (Å²) in [6, 6.07) is 0. The Labute approximate surface area is 139 Å². The van der Waals surface area contributed by atoms with Crippen molar-refractivity contribution in [2.75, 3.05) is 13.1 Å². The molecule has 1 heterocycles. The smallest absolute Gasteiger partial charge is 0.395 e. The van der Waals surface area contributed by atoms with Crippen molar-refractivity contribution in [3.63, 3.8) is 0 Å². The second-order valence-corrected chi connectivity index (χ2v) is 7.31. The van der Waals surface area contributed by atoms with Crippen molar-refractivity contribution in [3.8, 4) is 0 Å². The highest BCUT2D eigenvalue weighted by Gasteiger charge is 2.48. The van der Waals surface area contributed by atoms with Gasteiger partial charge in [-0.2, -0.15) is 13.2 Å². The van der Waals surface area contributed by atoms with Crippen LogP contribution in [0.2, 0.25) is 0 Å². The fourth-order valence-electron chi connectivity index (χ4n) is 3.82. The molecule has 2 saturated carbocycles. The molecule has 3 rings (SSSR count). The minimum absolute atomic E-state index is 0.0262. The summed E-state index contributed by atoms with van der Waals surface area (Å²) in [5, 5.41) is 0. The molecule has 1 aliphatic heterocycles. The first-order valence-electron chi connectivity index (χ1n) is 8.92. The lowest BCUT2D eigenvalue weighted by atomic mass is 9.85. The normalized spacial score (nSPS) is 31.6. The summed E-state index contributed by atoms with van der Waals surface area (Å²) in [6.45, 7) is 0.922. The highest BCUT2D eigenvalue weighted by Crippen LogP contribution is 2.40. The third kappa shape index (κ3) is 4.03. The SMILES string of the molecule is O=C(O[C@@H]1CCCC[C@H]1C(F)(F)F)[C@@H]1CCCN(C(=O)C2CC2)C1. The topological polar surface area (TPSA) is 46.6 Å². The Morgan fingerprint density at radius 3 is 2.29 bits per heavy atom. The summed E-state index contributed by atoms with van der Waals surface area (Å²) in [7, 11) is 0. The number of hydrogen-bond acceptors (Lipinski definition) is 3. The van der Waals surface area contributed by atoms with Crippen LogP contribution in [0.4, 0.5) is 13.2 Å². The molecule has 0 bridgehead atoms. The molecule has 3 fully saturated rings. The van der Waals surface area contributed by atoms with E-state index in [1.807, 2.05) is 0 Å². The van der Waals surface area contributed by atoms with Gasteiger partial charge in [-0.1, -0.05) is 6.42 Å². The van der Waals surface area contributed by atoms with Crippen LogP contribution in [0.25, 0.3) is 0 Å². The second kappa shape index (κ2) is 6.92. The van der Waals surface area contributed by atoms with Crippen molar-refractivity contribution in [2.45, 2.75) is 63.6 Å². The standard InChI is InChI=1S/C17H24F3NO3/c18-17(19,20)13-5-1-2-6-14(13)24-16(23)12-4-3-9-21(10-12)15(22)11-7-8-11/h11-14H,1-10H2/t12-,13-,14-/m1/s1. The van der Waals surface area contributed by atoms with Crippen LogP contribution >= 0.6 is 0 Å². The van der Waals surface area contributed by atoms with E-state index in [0.29, 0.717) is 32.2 Å². The van der Waals surface area contributed by atoms with E-state index >= 15 is 0 Å². The van der Waals surface area contributed by atoms with Crippen molar-refractivity contribution in [1.29, 1.82) is 0 Å². The van der Waals surface area contributed by atoms with E-state index in [-0.39, 0.29) is 31.2 Å². The van der Waals surface area contributed by atoms with Gasteiger partial charge in [0.15, 0.2) is 0 Å². The van der Waals surface area contributed by atoms with Gasteiger partial charge in [0.2, 0.25) is 5.91 Å². The largest absolute Gasteiger partial charge is 0.461 e. The molecule has 4 nitrogen and oxygen atoms in total. The van der Waals surface area contributed by atoms with E-state index in [1.54, 1.807) is 4.90 Å². The third-order valence-electron chi connectivity index (χ3n) is 5.38. The second-order valence-electron chi connectivity index (χ2n) is 7.31. The van der Waals surface area contributed by atoms with E-state index in [2.05, 4.69) is 0 Å². The number of carbonyl (C=O) groups is 2. The van der Waals surface area contributed by atoms with Crippen LogP contribution in [0.3, 0.4) is 0 Å². The Hall–Kier alpha value is -1.27. The summed E-state index contributed by atoms with van der Waals surface area (Å²) < 4.78 is 44.6. The molecule has 0 aromatic rings. The Bertz CT molecular complexity index is 490. The molecule has 0 unspecified atom stereocenters. The molecule has 3 aliphatic rings. The van der Waals surface area contributed by atoms with Crippen molar-refractivity contribution in [1.82, 2.24) is 4.90 Å². The van der Waals surface area contributed by atoms with Crippen LogP contribution in [0.15, 0.2) is 0 Å². The minimum Gasteiger partial charge on any atom is -0.461 e. The zero-order valence-corrected chi connectivity index (χ0v) is 13.7. The summed E-state index contributed by atoms with van der Waals surface area (Å²) in [5.74, 6) is -2.43. The van der Waals surface area contributed by atoms with E-state index in [4.69, 9.17) is 4.74 Å². The lowest BCUT2D eigenvalue weighted by Crippen LogP contribution is -2.45. The molecule has 1 saturated heterocycles. The highest BCUT2D eigenvalue weighted by molar-refractivity contribution is 5.82. The monoisotopic (exact) mass is 347 g/mol. The van der Waals surface area contributed by atoms with Gasteiger partial charge in [0.05, 0.1) is 11.8 Å². The van der Waals surface area contributed by atoms with Gasteiger partial charge in [0, 0.05) is 19.0 Å². The Morgan fingerprint density at radius 1 is 0.917 bits per heavy atom. The van der Waals surface area contributed by atoms with Gasteiger partial charge in [0.25, 0.3) is 0 Å². The lowest BCUT2D eigenvalue weighted by molar-refractivity contribution is -0.217. The molecule has 0 N–H and O–H groups in total. The summed E-state index contributed by atoms with van der Waals surface area (Å²) in [6.07, 6.45) is -0.840. The molecular formula is C17H24F3NO3. The number of likely N-dealkylation sites (tertiary alicyclic amines) is 1. The first-order valence-corrected chi connectivity index (χ1v) is 8.92. The molecule has 0 aromatic carbocycles. The zero-order chi connectivity index (χ0) is 17.3. The number of piperidine rings is 1. The van der Waals surface area contributed by atoms with E-state index in [9.17, 15) is 22.8 Å². The molecule has 1 amide bonds. The van der Waals surface area contributed by atoms with E-state index in [0.717, 1.165) is 12.8 Å². The summed E-state index contributed by atoms with van der Waals surface area (Å²) in [5.41, 5.74) is 0. The molecule has 3 atom stereocenters. The van der Waals surface area contributed by atoms with Gasteiger partial charge in [-0.15, -0.1) is 0 Å². The predicted molar refractivity (Wildman–Crippen MR) is 79.9 cm³/mol. The molecule has 24 heavy (non-hydrogen) atoms. The maximum Gasteiger partial charge on any atom is 0.395 e. The van der Waals surface area contributed by atoms with Crippen LogP contribution in [-0.4, -0.2) is 42.1 Å². The molecule has 7 heteroatoms. The molecule has 136 valence electrons. The quantitative estimate of drug-likeness (QED) is 0.736. The first kappa shape index (κ1) is 17.5. The fraction of sp³-hybridized carbons (Fsp3) is 0.882. The third-order valence-corrected chi connectivity index (χ3v) is 5.38. The van der Waals surface area contributed by atoms with E-state index < -0.39 is 30.1 Å². The molecular weight excluding hydrogens is 323 g/mol. The number of nitrogens with zero attached hydrogens (tertiary/aromatic N) is 1.